The summed E-state index contributed by atoms with van der Waals surface area (Å²) in [5, 5.41) is 3.02. The Hall–Kier alpha value is -2.29. The zero-order valence-corrected chi connectivity index (χ0v) is 12.8. The Morgan fingerprint density at radius 3 is 2.48 bits per heavy atom. The summed E-state index contributed by atoms with van der Waals surface area (Å²) in [6, 6.07) is 13.8. The molecule has 1 atom stereocenters. The molecule has 0 saturated carbocycles. The minimum Gasteiger partial charge on any atom is -0.398 e. The quantitative estimate of drug-likeness (QED) is 0.846. The molecule has 110 valence electrons. The maximum Gasteiger partial charge on any atom is 0.253 e. The molecule has 2 aromatic rings. The van der Waals surface area contributed by atoms with Crippen LogP contribution in [0.2, 0.25) is 0 Å². The number of para-hydroxylation sites is 1. The largest absolute Gasteiger partial charge is 0.398 e. The van der Waals surface area contributed by atoms with Gasteiger partial charge in [0.2, 0.25) is 0 Å². The van der Waals surface area contributed by atoms with Crippen molar-refractivity contribution < 1.29 is 4.79 Å². The molecule has 3 nitrogen and oxygen atoms in total. The van der Waals surface area contributed by atoms with Crippen LogP contribution in [0.15, 0.2) is 42.5 Å². The standard InChI is InChI=1S/C18H22N2O/c1-12-7-4-5-9-15(12)11-14(3)20-18(21)16-10-6-8-13(2)17(16)19/h4-10,14H,11,19H2,1-3H3,(H,20,21). The van der Waals surface area contributed by atoms with E-state index in [4.69, 9.17) is 5.73 Å². The van der Waals surface area contributed by atoms with Gasteiger partial charge in [0.25, 0.3) is 5.91 Å². The Labute approximate surface area is 126 Å². The van der Waals surface area contributed by atoms with Gasteiger partial charge in [-0.2, -0.15) is 0 Å². The van der Waals surface area contributed by atoms with Crippen molar-refractivity contribution in [1.82, 2.24) is 5.32 Å². The second-order valence-electron chi connectivity index (χ2n) is 5.54. The number of nitrogens with two attached hydrogens (primary N) is 1. The van der Waals surface area contributed by atoms with Crippen LogP contribution >= 0.6 is 0 Å². The molecule has 0 radical (unpaired) electrons. The first kappa shape index (κ1) is 15.1. The molecule has 0 aliphatic carbocycles. The van der Waals surface area contributed by atoms with Crippen LogP contribution in [0, 0.1) is 13.8 Å². The van der Waals surface area contributed by atoms with E-state index in [2.05, 4.69) is 24.4 Å². The van der Waals surface area contributed by atoms with Crippen LogP contribution in [0.5, 0.6) is 0 Å². The van der Waals surface area contributed by atoms with Crippen molar-refractivity contribution in [2.24, 2.45) is 0 Å². The molecule has 0 bridgehead atoms. The number of nitrogen functional groups attached to an aromatic ring is 1. The van der Waals surface area contributed by atoms with Gasteiger partial charge in [0.15, 0.2) is 0 Å². The van der Waals surface area contributed by atoms with Crippen molar-refractivity contribution >= 4 is 11.6 Å². The van der Waals surface area contributed by atoms with Crippen LogP contribution in [-0.2, 0) is 6.42 Å². The van der Waals surface area contributed by atoms with Crippen LogP contribution < -0.4 is 11.1 Å². The van der Waals surface area contributed by atoms with E-state index in [1.165, 1.54) is 11.1 Å². The number of benzene rings is 2. The third kappa shape index (κ3) is 3.63. The van der Waals surface area contributed by atoms with Gasteiger partial charge in [-0.25, -0.2) is 0 Å². The number of rotatable bonds is 4. The lowest BCUT2D eigenvalue weighted by atomic mass is 10.0. The Morgan fingerprint density at radius 2 is 1.76 bits per heavy atom. The third-order valence-corrected chi connectivity index (χ3v) is 3.73. The highest BCUT2D eigenvalue weighted by Gasteiger charge is 2.14. The van der Waals surface area contributed by atoms with Crippen LogP contribution in [0.4, 0.5) is 5.69 Å². The van der Waals surface area contributed by atoms with Crippen molar-refractivity contribution in [2.75, 3.05) is 5.73 Å². The number of carbonyl (C=O) groups excluding carboxylic acids is 1. The van der Waals surface area contributed by atoms with Gasteiger partial charge in [-0.05, 0) is 49.9 Å². The smallest absolute Gasteiger partial charge is 0.253 e. The molecule has 3 N–H and O–H groups in total. The van der Waals surface area contributed by atoms with Crippen molar-refractivity contribution in [3.63, 3.8) is 0 Å². The fraction of sp³-hybridized carbons (Fsp3) is 0.278. The molecule has 21 heavy (non-hydrogen) atoms. The maximum atomic E-state index is 12.3. The summed E-state index contributed by atoms with van der Waals surface area (Å²) in [6.45, 7) is 6.00. The van der Waals surface area contributed by atoms with E-state index in [0.29, 0.717) is 11.3 Å². The number of carbonyl (C=O) groups is 1. The van der Waals surface area contributed by atoms with Gasteiger partial charge in [-0.15, -0.1) is 0 Å². The van der Waals surface area contributed by atoms with Gasteiger partial charge < -0.3 is 11.1 Å². The second-order valence-corrected chi connectivity index (χ2v) is 5.54. The van der Waals surface area contributed by atoms with Crippen molar-refractivity contribution in [2.45, 2.75) is 33.2 Å². The molecule has 2 aromatic carbocycles. The van der Waals surface area contributed by atoms with Crippen molar-refractivity contribution in [1.29, 1.82) is 0 Å². The molecule has 0 aliphatic rings. The van der Waals surface area contributed by atoms with Gasteiger partial charge >= 0.3 is 0 Å². The van der Waals surface area contributed by atoms with Crippen LogP contribution in [0.3, 0.4) is 0 Å². The topological polar surface area (TPSA) is 55.1 Å². The Bertz CT molecular complexity index is 649. The lowest BCUT2D eigenvalue weighted by Gasteiger charge is -2.16. The fourth-order valence-corrected chi connectivity index (χ4v) is 2.40. The molecular weight excluding hydrogens is 260 g/mol. The second kappa shape index (κ2) is 6.44. The molecule has 0 fully saturated rings. The summed E-state index contributed by atoms with van der Waals surface area (Å²) in [5.41, 5.74) is 10.5. The number of amides is 1. The van der Waals surface area contributed by atoms with Gasteiger partial charge in [-0.3, -0.25) is 4.79 Å². The van der Waals surface area contributed by atoms with E-state index in [0.717, 1.165) is 12.0 Å². The molecule has 3 heteroatoms. The first-order valence-electron chi connectivity index (χ1n) is 7.19. The SMILES string of the molecule is Cc1ccccc1CC(C)NC(=O)c1cccc(C)c1N. The molecular formula is C18H22N2O. The van der Waals surface area contributed by atoms with Crippen molar-refractivity contribution in [3.05, 3.63) is 64.7 Å². The molecule has 1 unspecified atom stereocenters. The highest BCUT2D eigenvalue weighted by molar-refractivity contribution is 5.99. The van der Waals surface area contributed by atoms with E-state index in [1.807, 2.05) is 38.1 Å². The monoisotopic (exact) mass is 282 g/mol. The molecule has 1 amide bonds. The van der Waals surface area contributed by atoms with Crippen LogP contribution in [0.1, 0.15) is 34.0 Å². The Kier molecular flexibility index (Phi) is 4.63. The molecule has 0 heterocycles. The molecule has 0 saturated heterocycles. The molecule has 0 spiro atoms. The summed E-state index contributed by atoms with van der Waals surface area (Å²) in [7, 11) is 0. The minimum absolute atomic E-state index is 0.0542. The van der Waals surface area contributed by atoms with Gasteiger partial charge in [0.1, 0.15) is 0 Å². The maximum absolute atomic E-state index is 12.3. The summed E-state index contributed by atoms with van der Waals surface area (Å²) < 4.78 is 0. The summed E-state index contributed by atoms with van der Waals surface area (Å²) in [6.07, 6.45) is 0.810. The predicted octanol–water partition coefficient (Wildman–Crippen LogP) is 3.25. The van der Waals surface area contributed by atoms with Gasteiger partial charge in [0.05, 0.1) is 5.56 Å². The van der Waals surface area contributed by atoms with Crippen LogP contribution in [0.25, 0.3) is 0 Å². The Morgan fingerprint density at radius 1 is 1.10 bits per heavy atom. The van der Waals surface area contributed by atoms with Gasteiger partial charge in [-0.1, -0.05) is 36.4 Å². The molecule has 0 aliphatic heterocycles. The molecule has 0 aromatic heterocycles. The van der Waals surface area contributed by atoms with E-state index in [-0.39, 0.29) is 11.9 Å². The number of nitrogens with one attached hydrogen (secondary N) is 1. The number of anilines is 1. The summed E-state index contributed by atoms with van der Waals surface area (Å²) >= 11 is 0. The first-order valence-corrected chi connectivity index (χ1v) is 7.19. The van der Waals surface area contributed by atoms with E-state index in [9.17, 15) is 4.79 Å². The minimum atomic E-state index is -0.114. The number of hydrogen-bond donors (Lipinski definition) is 2. The van der Waals surface area contributed by atoms with E-state index < -0.39 is 0 Å². The third-order valence-electron chi connectivity index (χ3n) is 3.73. The average molecular weight is 282 g/mol. The summed E-state index contributed by atoms with van der Waals surface area (Å²) in [4.78, 5) is 12.3. The molecule has 2 rings (SSSR count). The Balaban J connectivity index is 2.06. The lowest BCUT2D eigenvalue weighted by Crippen LogP contribution is -2.34. The highest BCUT2D eigenvalue weighted by Crippen LogP contribution is 2.17. The predicted molar refractivity (Wildman–Crippen MR) is 87.4 cm³/mol. The van der Waals surface area contributed by atoms with Crippen LogP contribution in [-0.4, -0.2) is 11.9 Å². The zero-order chi connectivity index (χ0) is 15.4. The fourth-order valence-electron chi connectivity index (χ4n) is 2.40. The van der Waals surface area contributed by atoms with Crippen molar-refractivity contribution in [3.8, 4) is 0 Å². The highest BCUT2D eigenvalue weighted by atomic mass is 16.1. The average Bonchev–Trinajstić information content (AvgIpc) is 2.44. The van der Waals surface area contributed by atoms with E-state index >= 15 is 0 Å². The normalized spacial score (nSPS) is 12.0. The van der Waals surface area contributed by atoms with Gasteiger partial charge in [0, 0.05) is 11.7 Å². The number of hydrogen-bond acceptors (Lipinski definition) is 2. The van der Waals surface area contributed by atoms with E-state index in [1.54, 1.807) is 6.07 Å². The lowest BCUT2D eigenvalue weighted by molar-refractivity contribution is 0.0941. The number of aryl methyl sites for hydroxylation is 2. The zero-order valence-electron chi connectivity index (χ0n) is 12.8. The summed E-state index contributed by atoms with van der Waals surface area (Å²) in [5.74, 6) is -0.114. The first-order chi connectivity index (χ1) is 9.99.